The predicted molar refractivity (Wildman–Crippen MR) is 78.3 cm³/mol. The van der Waals surface area contributed by atoms with Gasteiger partial charge in [0.1, 0.15) is 0 Å². The van der Waals surface area contributed by atoms with Crippen LogP contribution < -0.4 is 11.1 Å². The number of nitrogens with two attached hydrogens (primary N) is 1. The maximum atomic E-state index is 12.0. The molecule has 1 aliphatic rings. The summed E-state index contributed by atoms with van der Waals surface area (Å²) in [6.45, 7) is 3.69. The third-order valence-electron chi connectivity index (χ3n) is 3.41. The number of hydrogen-bond acceptors (Lipinski definition) is 3. The molecule has 3 N–H and O–H groups in total. The minimum Gasteiger partial charge on any atom is -0.373 e. The molecular weight excluding hydrogens is 252 g/mol. The highest BCUT2D eigenvalue weighted by atomic mass is 16.5. The van der Waals surface area contributed by atoms with Crippen LogP contribution >= 0.6 is 0 Å². The van der Waals surface area contributed by atoms with Gasteiger partial charge in [0.05, 0.1) is 12.1 Å². The lowest BCUT2D eigenvalue weighted by Crippen LogP contribution is -2.40. The van der Waals surface area contributed by atoms with Gasteiger partial charge >= 0.3 is 0 Å². The number of nitrogens with one attached hydrogen (secondary N) is 1. The van der Waals surface area contributed by atoms with Gasteiger partial charge in [-0.3, -0.25) is 4.79 Å². The first-order valence-electron chi connectivity index (χ1n) is 6.84. The molecule has 1 atom stereocenters. The van der Waals surface area contributed by atoms with E-state index in [-0.39, 0.29) is 11.5 Å². The molecule has 20 heavy (non-hydrogen) atoms. The second-order valence-electron chi connectivity index (χ2n) is 5.17. The molecule has 0 radical (unpaired) electrons. The summed E-state index contributed by atoms with van der Waals surface area (Å²) < 4.78 is 5.65. The average Bonchev–Trinajstić information content (AvgIpc) is 2.90. The highest BCUT2D eigenvalue weighted by molar-refractivity contribution is 5.94. The lowest BCUT2D eigenvalue weighted by Gasteiger charge is -2.23. The Balaban J connectivity index is 1.92. The molecule has 0 saturated carbocycles. The normalized spacial score (nSPS) is 21.1. The predicted octanol–water partition coefficient (Wildman–Crippen LogP) is 1.30. The van der Waals surface area contributed by atoms with Gasteiger partial charge in [-0.2, -0.15) is 0 Å². The second kappa shape index (κ2) is 6.56. The van der Waals surface area contributed by atoms with E-state index < -0.39 is 0 Å². The first-order chi connectivity index (χ1) is 9.63. The number of ether oxygens (including phenoxy) is 1. The summed E-state index contributed by atoms with van der Waals surface area (Å²) in [5.41, 5.74) is 6.59. The molecule has 0 aliphatic carbocycles. The summed E-state index contributed by atoms with van der Waals surface area (Å²) in [6, 6.07) is 7.19. The van der Waals surface area contributed by atoms with E-state index in [2.05, 4.69) is 17.2 Å². The Labute approximate surface area is 119 Å². The number of amides is 1. The molecule has 1 unspecified atom stereocenters. The third-order valence-corrected chi connectivity index (χ3v) is 3.41. The van der Waals surface area contributed by atoms with Crippen molar-refractivity contribution in [3.05, 3.63) is 35.4 Å². The van der Waals surface area contributed by atoms with Gasteiger partial charge in [0.15, 0.2) is 0 Å². The zero-order valence-corrected chi connectivity index (χ0v) is 11.7. The zero-order chi connectivity index (χ0) is 14.4. The Kier molecular flexibility index (Phi) is 4.78. The lowest BCUT2D eigenvalue weighted by atomic mass is 10.0. The fourth-order valence-electron chi connectivity index (χ4n) is 2.20. The van der Waals surface area contributed by atoms with Crippen LogP contribution in [-0.2, 0) is 4.74 Å². The molecular formula is C16H20N2O2. The Morgan fingerprint density at radius 3 is 2.80 bits per heavy atom. The molecule has 4 nitrogen and oxygen atoms in total. The lowest BCUT2D eigenvalue weighted by molar-refractivity contribution is 0.0206. The Morgan fingerprint density at radius 1 is 1.45 bits per heavy atom. The maximum Gasteiger partial charge on any atom is 0.251 e. The van der Waals surface area contributed by atoms with Crippen molar-refractivity contribution in [3.63, 3.8) is 0 Å². The van der Waals surface area contributed by atoms with Crippen LogP contribution in [0.25, 0.3) is 0 Å². The minimum atomic E-state index is -0.220. The molecule has 4 heteroatoms. The van der Waals surface area contributed by atoms with Crippen LogP contribution in [0.3, 0.4) is 0 Å². The van der Waals surface area contributed by atoms with Gasteiger partial charge in [0, 0.05) is 24.3 Å². The molecule has 1 amide bonds. The van der Waals surface area contributed by atoms with E-state index >= 15 is 0 Å². The summed E-state index contributed by atoms with van der Waals surface area (Å²) >= 11 is 0. The number of benzene rings is 1. The Morgan fingerprint density at radius 2 is 2.20 bits per heavy atom. The van der Waals surface area contributed by atoms with Crippen LogP contribution in [0.4, 0.5) is 0 Å². The SMILES string of the molecule is CC1(CNC(=O)c2ccc(C#CCN)cc2)CCCO1. The van der Waals surface area contributed by atoms with Crippen LogP contribution in [0.2, 0.25) is 0 Å². The van der Waals surface area contributed by atoms with Crippen molar-refractivity contribution in [2.24, 2.45) is 5.73 Å². The van der Waals surface area contributed by atoms with Gasteiger partial charge in [-0.15, -0.1) is 0 Å². The van der Waals surface area contributed by atoms with E-state index in [1.807, 2.05) is 19.1 Å². The van der Waals surface area contributed by atoms with Crippen LogP contribution in [0, 0.1) is 11.8 Å². The molecule has 1 fully saturated rings. The van der Waals surface area contributed by atoms with Gasteiger partial charge in [0.2, 0.25) is 0 Å². The molecule has 1 aromatic carbocycles. The molecule has 106 valence electrons. The van der Waals surface area contributed by atoms with Crippen molar-refractivity contribution in [3.8, 4) is 11.8 Å². The molecule has 1 heterocycles. The number of hydrogen-bond donors (Lipinski definition) is 2. The Hall–Kier alpha value is -1.83. The highest BCUT2D eigenvalue weighted by Crippen LogP contribution is 2.23. The monoisotopic (exact) mass is 272 g/mol. The first-order valence-corrected chi connectivity index (χ1v) is 6.84. The maximum absolute atomic E-state index is 12.0. The van der Waals surface area contributed by atoms with E-state index in [9.17, 15) is 4.79 Å². The van der Waals surface area contributed by atoms with Crippen molar-refractivity contribution < 1.29 is 9.53 Å². The van der Waals surface area contributed by atoms with E-state index in [0.717, 1.165) is 25.0 Å². The van der Waals surface area contributed by atoms with E-state index in [4.69, 9.17) is 10.5 Å². The summed E-state index contributed by atoms with van der Waals surface area (Å²) in [7, 11) is 0. The van der Waals surface area contributed by atoms with Crippen molar-refractivity contribution >= 4 is 5.91 Å². The number of carbonyl (C=O) groups excluding carboxylic acids is 1. The van der Waals surface area contributed by atoms with Crippen molar-refractivity contribution in [1.29, 1.82) is 0 Å². The highest BCUT2D eigenvalue weighted by Gasteiger charge is 2.30. The van der Waals surface area contributed by atoms with Gasteiger partial charge in [0.25, 0.3) is 5.91 Å². The van der Waals surface area contributed by atoms with Crippen molar-refractivity contribution in [1.82, 2.24) is 5.32 Å². The van der Waals surface area contributed by atoms with Gasteiger partial charge in [-0.25, -0.2) is 0 Å². The smallest absolute Gasteiger partial charge is 0.251 e. The minimum absolute atomic E-state index is 0.0833. The molecule has 0 aromatic heterocycles. The number of carbonyl (C=O) groups is 1. The van der Waals surface area contributed by atoms with Crippen LogP contribution in [0.5, 0.6) is 0 Å². The fourth-order valence-corrected chi connectivity index (χ4v) is 2.20. The quantitative estimate of drug-likeness (QED) is 0.815. The second-order valence-corrected chi connectivity index (χ2v) is 5.17. The van der Waals surface area contributed by atoms with Crippen molar-refractivity contribution in [2.75, 3.05) is 19.7 Å². The van der Waals surface area contributed by atoms with Gasteiger partial charge in [-0.1, -0.05) is 11.8 Å². The van der Waals surface area contributed by atoms with Gasteiger partial charge in [-0.05, 0) is 44.0 Å². The van der Waals surface area contributed by atoms with E-state index in [1.165, 1.54) is 0 Å². The summed E-state index contributed by atoms with van der Waals surface area (Å²) in [5.74, 6) is 5.62. The van der Waals surface area contributed by atoms with E-state index in [0.29, 0.717) is 18.7 Å². The zero-order valence-electron chi connectivity index (χ0n) is 11.7. The number of rotatable bonds is 3. The first kappa shape index (κ1) is 14.6. The average molecular weight is 272 g/mol. The largest absolute Gasteiger partial charge is 0.373 e. The fraction of sp³-hybridized carbons (Fsp3) is 0.438. The summed E-state index contributed by atoms with van der Waals surface area (Å²) in [4.78, 5) is 12.0. The topological polar surface area (TPSA) is 64.4 Å². The molecule has 0 spiro atoms. The third kappa shape index (κ3) is 3.83. The molecule has 1 saturated heterocycles. The van der Waals surface area contributed by atoms with Crippen LogP contribution in [0.15, 0.2) is 24.3 Å². The molecule has 1 aromatic rings. The molecule has 2 rings (SSSR count). The standard InChI is InChI=1S/C16H20N2O2/c1-16(9-3-11-20-16)12-18-15(19)14-7-5-13(6-8-14)4-2-10-17/h5-8H,3,9-12,17H2,1H3,(H,18,19). The van der Waals surface area contributed by atoms with E-state index in [1.54, 1.807) is 12.1 Å². The van der Waals surface area contributed by atoms with Crippen LogP contribution in [0.1, 0.15) is 35.7 Å². The summed E-state index contributed by atoms with van der Waals surface area (Å²) in [6.07, 6.45) is 2.04. The summed E-state index contributed by atoms with van der Waals surface area (Å²) in [5, 5.41) is 2.92. The molecule has 1 aliphatic heterocycles. The van der Waals surface area contributed by atoms with Crippen LogP contribution in [-0.4, -0.2) is 31.2 Å². The van der Waals surface area contributed by atoms with Crippen molar-refractivity contribution in [2.45, 2.75) is 25.4 Å². The molecule has 0 bridgehead atoms. The Bertz CT molecular complexity index is 520. The van der Waals surface area contributed by atoms with Gasteiger partial charge < -0.3 is 15.8 Å².